The van der Waals surface area contributed by atoms with Crippen molar-refractivity contribution in [1.29, 1.82) is 0 Å². The van der Waals surface area contributed by atoms with E-state index < -0.39 is 0 Å². The van der Waals surface area contributed by atoms with Crippen molar-refractivity contribution in [2.24, 2.45) is 0 Å². The average molecular weight is 875 g/mol. The molecule has 0 radical (unpaired) electrons. The van der Waals surface area contributed by atoms with Gasteiger partial charge in [-0.1, -0.05) is 109 Å². The zero-order chi connectivity index (χ0) is 45.4. The van der Waals surface area contributed by atoms with E-state index in [4.69, 9.17) is 4.98 Å². The van der Waals surface area contributed by atoms with Crippen LogP contribution in [0.15, 0.2) is 203 Å². The van der Waals surface area contributed by atoms with Crippen molar-refractivity contribution in [1.82, 2.24) is 28.2 Å². The first kappa shape index (κ1) is 38.0. The van der Waals surface area contributed by atoms with Gasteiger partial charge in [-0.25, -0.2) is 0 Å². The zero-order valence-electron chi connectivity index (χ0n) is 36.3. The summed E-state index contributed by atoms with van der Waals surface area (Å²) >= 11 is 0. The summed E-state index contributed by atoms with van der Waals surface area (Å²) in [6, 6.07) is 56.6. The zero-order valence-corrected chi connectivity index (χ0v) is 36.3. The van der Waals surface area contributed by atoms with Gasteiger partial charge in [0.05, 0.1) is 32.7 Å². The van der Waals surface area contributed by atoms with E-state index in [0.29, 0.717) is 33.1 Å². The number of para-hydroxylation sites is 1. The van der Waals surface area contributed by atoms with Crippen LogP contribution in [0.3, 0.4) is 0 Å². The molecule has 6 aromatic heterocycles. The number of aromatic nitrogens is 6. The molecule has 0 unspecified atom stereocenters. The van der Waals surface area contributed by atoms with E-state index in [-0.39, 0.29) is 16.7 Å². The second-order valence-electron chi connectivity index (χ2n) is 17.6. The first-order valence-corrected chi connectivity index (χ1v) is 22.4. The standard InChI is InChI=1S/C59H34N6O3/c1-33-32-65-49-14-5-4-12-47(49)57(66)60-56(65)46-22-18-38(31-48(33)46)35-9-6-10-39(28-35)42-13-7-15-50-52(42)58(67)62-55-45-21-17-37(30-41(45)25-27-63(50)55)36-16-20-43-40(29-36)19-23-51-53(43)59(68)61-54-44-11-3-2-8-34(44)24-26-64(51)54/h2-32H,1H3. The predicted molar refractivity (Wildman–Crippen MR) is 275 cm³/mol. The van der Waals surface area contributed by atoms with E-state index in [1.165, 1.54) is 0 Å². The number of aryl methyl sites for hydroxylation is 1. The van der Waals surface area contributed by atoms with E-state index in [0.717, 1.165) is 98.6 Å². The molecule has 6 heterocycles. The van der Waals surface area contributed by atoms with Gasteiger partial charge in [-0.05, 0) is 133 Å². The fraction of sp³-hybridized carbons (Fsp3) is 0.0169. The number of benzene rings is 8. The Balaban J connectivity index is 0.834. The Hall–Kier alpha value is -9.34. The first-order chi connectivity index (χ1) is 33.3. The number of pyridine rings is 3. The maximum atomic E-state index is 14.3. The summed E-state index contributed by atoms with van der Waals surface area (Å²) in [5.74, 6) is 0. The van der Waals surface area contributed by atoms with Crippen LogP contribution in [0.2, 0.25) is 0 Å². The van der Waals surface area contributed by atoms with Gasteiger partial charge in [0.2, 0.25) is 0 Å². The molecule has 0 saturated carbocycles. The van der Waals surface area contributed by atoms with Crippen LogP contribution >= 0.6 is 0 Å². The largest absolute Gasteiger partial charge is 0.300 e. The molecule has 0 aliphatic carbocycles. The third-order valence-electron chi connectivity index (χ3n) is 13.8. The SMILES string of the molecule is Cc1cn2c3ccccc3c(=O)nc2c2ccc(-c3cccc(-c4cccc5c4c(=O)nc4c6ccc(-c7ccc8c(ccc9c8c(=O)nc8c%10ccccc%10ccn98)c7)cc6ccn54)c3)cc12. The fourth-order valence-corrected chi connectivity index (χ4v) is 10.6. The summed E-state index contributed by atoms with van der Waals surface area (Å²) in [5, 5.41) is 9.22. The summed E-state index contributed by atoms with van der Waals surface area (Å²) < 4.78 is 6.01. The highest BCUT2D eigenvalue weighted by atomic mass is 16.1. The fourth-order valence-electron chi connectivity index (χ4n) is 10.6. The lowest BCUT2D eigenvalue weighted by Gasteiger charge is -2.14. The van der Waals surface area contributed by atoms with Crippen LogP contribution in [0.4, 0.5) is 0 Å². The average Bonchev–Trinajstić information content (AvgIpc) is 3.38. The predicted octanol–water partition coefficient (Wildman–Crippen LogP) is 12.1. The van der Waals surface area contributed by atoms with Gasteiger partial charge in [0.15, 0.2) is 0 Å². The maximum absolute atomic E-state index is 14.3. The van der Waals surface area contributed by atoms with Crippen molar-refractivity contribution in [2.45, 2.75) is 6.92 Å². The normalized spacial score (nSPS) is 12.1. The highest BCUT2D eigenvalue weighted by Gasteiger charge is 2.17. The lowest BCUT2D eigenvalue weighted by molar-refractivity contribution is 1.13. The molecule has 0 aliphatic rings. The quantitative estimate of drug-likeness (QED) is 0.164. The molecule has 0 spiro atoms. The Morgan fingerprint density at radius 2 is 0.912 bits per heavy atom. The van der Waals surface area contributed by atoms with Crippen molar-refractivity contribution in [2.75, 3.05) is 0 Å². The Kier molecular flexibility index (Phi) is 7.86. The number of rotatable bonds is 3. The van der Waals surface area contributed by atoms with Gasteiger partial charge >= 0.3 is 0 Å². The van der Waals surface area contributed by atoms with Crippen LogP contribution < -0.4 is 16.7 Å². The van der Waals surface area contributed by atoms with Crippen LogP contribution in [-0.2, 0) is 0 Å². The lowest BCUT2D eigenvalue weighted by atomic mass is 9.95. The molecule has 0 amide bonds. The van der Waals surface area contributed by atoms with Crippen molar-refractivity contribution in [3.63, 3.8) is 0 Å². The second kappa shape index (κ2) is 14.1. The molecule has 0 bridgehead atoms. The molecule has 9 heteroatoms. The first-order valence-electron chi connectivity index (χ1n) is 22.4. The Bertz CT molecular complexity index is 4780. The molecule has 14 rings (SSSR count). The third-order valence-corrected chi connectivity index (χ3v) is 13.8. The van der Waals surface area contributed by atoms with E-state index in [2.05, 4.69) is 83.6 Å². The Labute approximate surface area is 384 Å². The van der Waals surface area contributed by atoms with Crippen LogP contribution in [0.1, 0.15) is 5.56 Å². The van der Waals surface area contributed by atoms with Crippen molar-refractivity contribution in [3.05, 3.63) is 225 Å². The summed E-state index contributed by atoms with van der Waals surface area (Å²) in [6.45, 7) is 2.08. The molecule has 9 nitrogen and oxygen atoms in total. The topological polar surface area (TPSA) is 103 Å². The van der Waals surface area contributed by atoms with Gasteiger partial charge in [0.1, 0.15) is 16.9 Å². The van der Waals surface area contributed by atoms with Gasteiger partial charge < -0.3 is 13.2 Å². The van der Waals surface area contributed by atoms with Crippen LogP contribution in [0.5, 0.6) is 0 Å². The van der Waals surface area contributed by atoms with Crippen molar-refractivity contribution in [3.8, 4) is 33.4 Å². The molecule has 318 valence electrons. The van der Waals surface area contributed by atoms with Gasteiger partial charge in [-0.2, -0.15) is 15.0 Å². The molecule has 0 N–H and O–H groups in total. The second-order valence-corrected chi connectivity index (χ2v) is 17.6. The molecule has 0 aliphatic heterocycles. The van der Waals surface area contributed by atoms with Crippen LogP contribution in [0, 0.1) is 6.92 Å². The van der Waals surface area contributed by atoms with Gasteiger partial charge in [0.25, 0.3) is 16.7 Å². The van der Waals surface area contributed by atoms with Crippen molar-refractivity contribution < 1.29 is 0 Å². The smallest absolute Gasteiger partial charge is 0.281 e. The highest BCUT2D eigenvalue weighted by molar-refractivity contribution is 6.09. The number of fused-ring (bicyclic) bond motifs is 17. The number of hydrogen-bond acceptors (Lipinski definition) is 6. The molecule has 8 aromatic carbocycles. The number of hydrogen-bond donors (Lipinski definition) is 0. The summed E-state index contributed by atoms with van der Waals surface area (Å²) in [7, 11) is 0. The maximum Gasteiger partial charge on any atom is 0.281 e. The summed E-state index contributed by atoms with van der Waals surface area (Å²) in [6.07, 6.45) is 6.02. The minimum atomic E-state index is -0.297. The van der Waals surface area contributed by atoms with E-state index in [9.17, 15) is 14.4 Å². The summed E-state index contributed by atoms with van der Waals surface area (Å²) in [5.41, 5.74) is 10.3. The van der Waals surface area contributed by atoms with Gasteiger partial charge in [-0.15, -0.1) is 0 Å². The third kappa shape index (κ3) is 5.50. The lowest BCUT2D eigenvalue weighted by Crippen LogP contribution is -2.12. The summed E-state index contributed by atoms with van der Waals surface area (Å²) in [4.78, 5) is 54.8. The molecular weight excluding hydrogens is 841 g/mol. The van der Waals surface area contributed by atoms with E-state index in [1.54, 1.807) is 0 Å². The molecule has 68 heavy (non-hydrogen) atoms. The Morgan fingerprint density at radius 1 is 0.353 bits per heavy atom. The van der Waals surface area contributed by atoms with Gasteiger partial charge in [-0.3, -0.25) is 14.4 Å². The number of nitrogens with zero attached hydrogens (tertiary/aromatic N) is 6. The van der Waals surface area contributed by atoms with Gasteiger partial charge in [0, 0.05) is 34.7 Å². The molecule has 14 aromatic rings. The minimum Gasteiger partial charge on any atom is -0.300 e. The highest BCUT2D eigenvalue weighted by Crippen LogP contribution is 2.36. The van der Waals surface area contributed by atoms with E-state index >= 15 is 0 Å². The Morgan fingerprint density at radius 3 is 1.72 bits per heavy atom. The monoisotopic (exact) mass is 874 g/mol. The molecule has 0 saturated heterocycles. The molecule has 0 fully saturated rings. The minimum absolute atomic E-state index is 0.243. The molecule has 0 atom stereocenters. The van der Waals surface area contributed by atoms with Crippen LogP contribution in [-0.4, -0.2) is 28.2 Å². The van der Waals surface area contributed by atoms with Crippen LogP contribution in [0.25, 0.3) is 126 Å². The van der Waals surface area contributed by atoms with E-state index in [1.807, 2.05) is 135 Å². The van der Waals surface area contributed by atoms with Crippen molar-refractivity contribution >= 4 is 92.7 Å². The molecular formula is C59H34N6O3.